The molecular weight excluding hydrogens is 307 g/mol. The molecule has 0 saturated carbocycles. The summed E-state index contributed by atoms with van der Waals surface area (Å²) in [5.41, 5.74) is -0.233. The zero-order chi connectivity index (χ0) is 17.4. The Balaban J connectivity index is 1.72. The van der Waals surface area contributed by atoms with Crippen LogP contribution in [0.25, 0.3) is 0 Å². The molecule has 2 aliphatic rings. The highest BCUT2D eigenvalue weighted by Gasteiger charge is 2.66. The summed E-state index contributed by atoms with van der Waals surface area (Å²) in [6, 6.07) is 6.71. The number of benzene rings is 1. The van der Waals surface area contributed by atoms with E-state index in [9.17, 15) is 4.39 Å². The van der Waals surface area contributed by atoms with Gasteiger partial charge < -0.3 is 14.2 Å². The van der Waals surface area contributed by atoms with E-state index in [1.165, 1.54) is 6.07 Å². The van der Waals surface area contributed by atoms with Crippen molar-refractivity contribution in [1.29, 1.82) is 0 Å². The Hall–Kier alpha value is -1.41. The second-order valence-electron chi connectivity index (χ2n) is 7.33. The minimum absolute atomic E-state index is 0.0214. The summed E-state index contributed by atoms with van der Waals surface area (Å²) in [7, 11) is 0. The van der Waals surface area contributed by atoms with Crippen molar-refractivity contribution < 1.29 is 18.6 Å². The van der Waals surface area contributed by atoms with Crippen molar-refractivity contribution in [2.45, 2.75) is 63.6 Å². The van der Waals surface area contributed by atoms with Crippen LogP contribution in [0, 0.1) is 24.1 Å². The summed E-state index contributed by atoms with van der Waals surface area (Å²) < 4.78 is 32.2. The van der Waals surface area contributed by atoms with E-state index in [1.54, 1.807) is 12.1 Å². The Kier molecular flexibility index (Phi) is 4.70. The molecule has 0 aromatic heterocycles. The van der Waals surface area contributed by atoms with E-state index in [0.29, 0.717) is 12.2 Å². The first-order chi connectivity index (χ1) is 11.4. The van der Waals surface area contributed by atoms with Crippen LogP contribution in [0.3, 0.4) is 0 Å². The first-order valence-electron chi connectivity index (χ1n) is 8.51. The average molecular weight is 332 g/mol. The minimum atomic E-state index is -0.422. The van der Waals surface area contributed by atoms with Crippen molar-refractivity contribution in [2.75, 3.05) is 6.61 Å². The van der Waals surface area contributed by atoms with Crippen LogP contribution < -0.4 is 0 Å². The third-order valence-electron chi connectivity index (χ3n) is 5.49. The number of ether oxygens (including phenoxy) is 3. The van der Waals surface area contributed by atoms with Crippen LogP contribution in [-0.2, 0) is 20.8 Å². The Bertz CT molecular complexity index is 638. The number of rotatable bonds is 6. The minimum Gasteiger partial charge on any atom is -0.370 e. The summed E-state index contributed by atoms with van der Waals surface area (Å²) in [6.07, 6.45) is 6.72. The van der Waals surface area contributed by atoms with Gasteiger partial charge in [0, 0.05) is 18.4 Å². The second-order valence-corrected chi connectivity index (χ2v) is 7.33. The van der Waals surface area contributed by atoms with Gasteiger partial charge in [0.1, 0.15) is 18.0 Å². The lowest BCUT2D eigenvalue weighted by Gasteiger charge is -2.38. The molecule has 0 radical (unpaired) electrons. The van der Waals surface area contributed by atoms with Crippen molar-refractivity contribution in [3.05, 3.63) is 35.6 Å². The maximum Gasteiger partial charge on any atom is 0.128 e. The molecule has 3 rings (SSSR count). The van der Waals surface area contributed by atoms with E-state index in [1.807, 2.05) is 6.07 Å². The Labute approximate surface area is 143 Å². The standard InChI is InChI=1S/C20H25FO3/c1-5-10-22-18-11-19(4)17(12-20(18,24-19)14(2)3)23-13-15-8-6-7-9-16(15)21/h1,6-9,14,17-18H,10-13H2,2-4H3/t17-,18-,19+,20-/m1/s1. The third-order valence-corrected chi connectivity index (χ3v) is 5.49. The predicted molar refractivity (Wildman–Crippen MR) is 89.8 cm³/mol. The van der Waals surface area contributed by atoms with E-state index in [4.69, 9.17) is 20.6 Å². The molecule has 3 nitrogen and oxygen atoms in total. The maximum atomic E-state index is 13.8. The summed E-state index contributed by atoms with van der Waals surface area (Å²) in [4.78, 5) is 0. The molecule has 4 atom stereocenters. The van der Waals surface area contributed by atoms with Crippen LogP contribution in [0.15, 0.2) is 24.3 Å². The molecule has 0 N–H and O–H groups in total. The molecule has 2 saturated heterocycles. The third kappa shape index (κ3) is 2.86. The first kappa shape index (κ1) is 17.4. The van der Waals surface area contributed by atoms with Gasteiger partial charge in [-0.15, -0.1) is 6.42 Å². The normalized spacial score (nSPS) is 34.7. The number of halogens is 1. The zero-order valence-corrected chi connectivity index (χ0v) is 14.5. The number of hydrogen-bond acceptors (Lipinski definition) is 3. The van der Waals surface area contributed by atoms with E-state index in [-0.39, 0.29) is 36.2 Å². The molecule has 130 valence electrons. The van der Waals surface area contributed by atoms with Gasteiger partial charge in [-0.25, -0.2) is 4.39 Å². The average Bonchev–Trinajstić information content (AvgIpc) is 3.01. The predicted octanol–water partition coefficient (Wildman–Crippen LogP) is 3.71. The molecule has 2 heterocycles. The van der Waals surface area contributed by atoms with Crippen molar-refractivity contribution in [2.24, 2.45) is 5.92 Å². The molecule has 24 heavy (non-hydrogen) atoms. The molecular formula is C20H25FO3. The van der Waals surface area contributed by atoms with Gasteiger partial charge in [0.2, 0.25) is 0 Å². The van der Waals surface area contributed by atoms with Gasteiger partial charge in [0.15, 0.2) is 0 Å². The fourth-order valence-electron chi connectivity index (χ4n) is 4.07. The van der Waals surface area contributed by atoms with Gasteiger partial charge in [-0.1, -0.05) is 38.0 Å². The molecule has 2 bridgehead atoms. The number of fused-ring (bicyclic) bond motifs is 2. The molecule has 2 aliphatic heterocycles. The topological polar surface area (TPSA) is 27.7 Å². The van der Waals surface area contributed by atoms with Gasteiger partial charge >= 0.3 is 0 Å². The number of hydrogen-bond donors (Lipinski definition) is 0. The van der Waals surface area contributed by atoms with E-state index >= 15 is 0 Å². The van der Waals surface area contributed by atoms with Crippen LogP contribution >= 0.6 is 0 Å². The lowest BCUT2D eigenvalue weighted by molar-refractivity contribution is -0.115. The molecule has 1 aromatic rings. The Morgan fingerprint density at radius 1 is 1.29 bits per heavy atom. The van der Waals surface area contributed by atoms with Gasteiger partial charge in [-0.05, 0) is 18.9 Å². The first-order valence-corrected chi connectivity index (χ1v) is 8.51. The van der Waals surface area contributed by atoms with Crippen LogP contribution in [0.1, 0.15) is 39.2 Å². The summed E-state index contributed by atoms with van der Waals surface area (Å²) >= 11 is 0. The maximum absolute atomic E-state index is 13.8. The van der Waals surface area contributed by atoms with Crippen molar-refractivity contribution in [3.8, 4) is 12.3 Å². The molecule has 2 fully saturated rings. The van der Waals surface area contributed by atoms with Crippen LogP contribution in [0.5, 0.6) is 0 Å². The van der Waals surface area contributed by atoms with Crippen LogP contribution in [0.4, 0.5) is 4.39 Å². The molecule has 4 heteroatoms. The van der Waals surface area contributed by atoms with Gasteiger partial charge in [-0.3, -0.25) is 0 Å². The van der Waals surface area contributed by atoms with Crippen LogP contribution in [-0.4, -0.2) is 30.0 Å². The molecule has 0 spiro atoms. The summed E-state index contributed by atoms with van der Waals surface area (Å²) in [5, 5.41) is 0. The molecule has 0 unspecified atom stereocenters. The van der Waals surface area contributed by atoms with Gasteiger partial charge in [-0.2, -0.15) is 0 Å². The monoisotopic (exact) mass is 332 g/mol. The lowest BCUT2D eigenvalue weighted by Crippen LogP contribution is -2.48. The largest absolute Gasteiger partial charge is 0.370 e. The van der Waals surface area contributed by atoms with Crippen molar-refractivity contribution in [1.82, 2.24) is 0 Å². The zero-order valence-electron chi connectivity index (χ0n) is 14.5. The fraction of sp³-hybridized carbons (Fsp3) is 0.600. The lowest BCUT2D eigenvalue weighted by atomic mass is 9.73. The Morgan fingerprint density at radius 3 is 2.71 bits per heavy atom. The van der Waals surface area contributed by atoms with Gasteiger partial charge in [0.25, 0.3) is 0 Å². The van der Waals surface area contributed by atoms with E-state index < -0.39 is 5.60 Å². The molecule has 0 aliphatic carbocycles. The SMILES string of the molecule is C#CCO[C@@H]1C[C@]2(C)O[C@@]1(C(C)C)C[C@H]2OCc1ccccc1F. The second kappa shape index (κ2) is 6.48. The van der Waals surface area contributed by atoms with Crippen LogP contribution in [0.2, 0.25) is 0 Å². The highest BCUT2D eigenvalue weighted by atomic mass is 19.1. The Morgan fingerprint density at radius 2 is 2.04 bits per heavy atom. The summed E-state index contributed by atoms with van der Waals surface area (Å²) in [5.74, 6) is 2.58. The quantitative estimate of drug-likeness (QED) is 0.743. The fourth-order valence-corrected chi connectivity index (χ4v) is 4.07. The summed E-state index contributed by atoms with van der Waals surface area (Å²) in [6.45, 7) is 6.87. The number of terminal acetylenes is 1. The van der Waals surface area contributed by atoms with Crippen molar-refractivity contribution >= 4 is 0 Å². The van der Waals surface area contributed by atoms with Gasteiger partial charge in [0.05, 0.1) is 24.4 Å². The smallest absolute Gasteiger partial charge is 0.128 e. The van der Waals surface area contributed by atoms with E-state index in [0.717, 1.165) is 12.8 Å². The van der Waals surface area contributed by atoms with E-state index in [2.05, 4.69) is 26.7 Å². The highest BCUT2D eigenvalue weighted by molar-refractivity contribution is 5.18. The highest BCUT2D eigenvalue weighted by Crippen LogP contribution is 2.56. The molecule has 1 aromatic carbocycles. The molecule has 0 amide bonds. The van der Waals surface area contributed by atoms with Crippen molar-refractivity contribution in [3.63, 3.8) is 0 Å².